The summed E-state index contributed by atoms with van der Waals surface area (Å²) in [7, 11) is 3.85. The molecule has 1 aromatic heterocycles. The lowest BCUT2D eigenvalue weighted by Crippen LogP contribution is -2.19. The fraction of sp³-hybridized carbons (Fsp3) is 0.108. The molecule has 0 saturated carbocycles. The van der Waals surface area contributed by atoms with Gasteiger partial charge in [-0.3, -0.25) is 0 Å². The van der Waals surface area contributed by atoms with Gasteiger partial charge >= 0.3 is 6.01 Å². The van der Waals surface area contributed by atoms with Gasteiger partial charge < -0.3 is 25.0 Å². The lowest BCUT2D eigenvalue weighted by Gasteiger charge is -2.22. The number of phenolic OH excluding ortho intramolecular Hbond substituents is 1. The largest absolute Gasteiger partial charge is 0.508 e. The third-order valence-electron chi connectivity index (χ3n) is 7.39. The van der Waals surface area contributed by atoms with Gasteiger partial charge in [0.2, 0.25) is 11.9 Å². The van der Waals surface area contributed by atoms with Crippen LogP contribution in [0, 0.1) is 0 Å². The second-order valence-corrected chi connectivity index (χ2v) is 10.7. The normalized spacial score (nSPS) is 10.7. The standard InChI is InChI=1S/C37H34N6O2/c1-42(32-19-13-28(14-20-32)25-27-9-5-3-6-10-27)35-39-36(41-37(40-35)45-26-29-15-23-34(44)24-16-29)43(2)33-21-17-31(18-22-33)38-30-11-7-4-8-12-30/h3-24,38,44H,25-26H2,1-2H3. The Balaban J connectivity index is 1.25. The number of para-hydroxylation sites is 1. The van der Waals surface area contributed by atoms with Crippen LogP contribution in [0.4, 0.5) is 34.6 Å². The molecule has 0 radical (unpaired) electrons. The van der Waals surface area contributed by atoms with E-state index in [2.05, 4.69) is 63.8 Å². The minimum absolute atomic E-state index is 0.199. The maximum Gasteiger partial charge on any atom is 0.323 e. The van der Waals surface area contributed by atoms with Gasteiger partial charge in [0, 0.05) is 36.8 Å². The number of benzene rings is 5. The number of aromatic hydroxyl groups is 1. The third kappa shape index (κ3) is 7.55. The zero-order valence-electron chi connectivity index (χ0n) is 25.2. The molecule has 0 spiro atoms. The van der Waals surface area contributed by atoms with Crippen LogP contribution < -0.4 is 19.9 Å². The summed E-state index contributed by atoms with van der Waals surface area (Å²) in [6.07, 6.45) is 0.862. The van der Waals surface area contributed by atoms with E-state index in [1.165, 1.54) is 11.1 Å². The highest BCUT2D eigenvalue weighted by Crippen LogP contribution is 2.29. The number of nitrogens with one attached hydrogen (secondary N) is 1. The van der Waals surface area contributed by atoms with Crippen LogP contribution in [0.25, 0.3) is 0 Å². The van der Waals surface area contributed by atoms with E-state index in [1.807, 2.05) is 84.6 Å². The second-order valence-electron chi connectivity index (χ2n) is 10.7. The minimum atomic E-state index is 0.199. The average molecular weight is 595 g/mol. The molecule has 45 heavy (non-hydrogen) atoms. The summed E-state index contributed by atoms with van der Waals surface area (Å²) in [4.78, 5) is 18.0. The third-order valence-corrected chi connectivity index (χ3v) is 7.39. The highest BCUT2D eigenvalue weighted by Gasteiger charge is 2.17. The van der Waals surface area contributed by atoms with Crippen molar-refractivity contribution in [3.8, 4) is 11.8 Å². The maximum atomic E-state index is 9.65. The number of hydrogen-bond donors (Lipinski definition) is 2. The van der Waals surface area contributed by atoms with Gasteiger partial charge in [-0.1, -0.05) is 72.8 Å². The van der Waals surface area contributed by atoms with Crippen molar-refractivity contribution in [2.45, 2.75) is 13.0 Å². The Kier molecular flexibility index (Phi) is 8.83. The van der Waals surface area contributed by atoms with Gasteiger partial charge in [0.1, 0.15) is 12.4 Å². The van der Waals surface area contributed by atoms with Gasteiger partial charge in [-0.25, -0.2) is 0 Å². The molecule has 0 aliphatic carbocycles. The van der Waals surface area contributed by atoms with Gasteiger partial charge in [0.25, 0.3) is 0 Å². The van der Waals surface area contributed by atoms with E-state index >= 15 is 0 Å². The summed E-state index contributed by atoms with van der Waals surface area (Å²) in [5.41, 5.74) is 7.21. The molecule has 0 bridgehead atoms. The van der Waals surface area contributed by atoms with Gasteiger partial charge in [-0.05, 0) is 83.8 Å². The van der Waals surface area contributed by atoms with Crippen molar-refractivity contribution in [2.75, 3.05) is 29.2 Å². The van der Waals surface area contributed by atoms with Crippen molar-refractivity contribution in [1.29, 1.82) is 0 Å². The van der Waals surface area contributed by atoms with Crippen LogP contribution in [-0.4, -0.2) is 34.2 Å². The summed E-state index contributed by atoms with van der Waals surface area (Å²) in [5.74, 6) is 1.09. The van der Waals surface area contributed by atoms with Crippen molar-refractivity contribution in [3.63, 3.8) is 0 Å². The highest BCUT2D eigenvalue weighted by atomic mass is 16.5. The number of nitrogens with zero attached hydrogens (tertiary/aromatic N) is 5. The molecule has 0 aliphatic heterocycles. The molecule has 8 nitrogen and oxygen atoms in total. The Hall–Kier alpha value is -5.89. The Morgan fingerprint density at radius 1 is 0.556 bits per heavy atom. The predicted molar refractivity (Wildman–Crippen MR) is 180 cm³/mol. The summed E-state index contributed by atoms with van der Waals surface area (Å²) in [6.45, 7) is 0.241. The van der Waals surface area contributed by atoms with Crippen LogP contribution >= 0.6 is 0 Å². The monoisotopic (exact) mass is 594 g/mol. The molecule has 0 atom stereocenters. The molecule has 0 unspecified atom stereocenters. The van der Waals surface area contributed by atoms with E-state index < -0.39 is 0 Å². The predicted octanol–water partition coefficient (Wildman–Crippen LogP) is 8.03. The molecule has 6 rings (SSSR count). The fourth-order valence-electron chi connectivity index (χ4n) is 4.80. The SMILES string of the molecule is CN(c1ccc(Cc2ccccc2)cc1)c1nc(OCc2ccc(O)cc2)nc(N(C)c2ccc(Nc3ccccc3)cc2)n1. The van der Waals surface area contributed by atoms with Gasteiger partial charge in [0.05, 0.1) is 0 Å². The number of anilines is 6. The minimum Gasteiger partial charge on any atom is -0.508 e. The number of phenols is 1. The van der Waals surface area contributed by atoms with Crippen molar-refractivity contribution >= 4 is 34.6 Å². The Morgan fingerprint density at radius 3 is 1.64 bits per heavy atom. The number of rotatable bonds is 11. The molecule has 0 saturated heterocycles. The van der Waals surface area contributed by atoms with E-state index in [1.54, 1.807) is 24.3 Å². The zero-order chi connectivity index (χ0) is 31.0. The van der Waals surface area contributed by atoms with E-state index in [0.29, 0.717) is 11.9 Å². The van der Waals surface area contributed by atoms with Crippen LogP contribution in [0.5, 0.6) is 11.8 Å². The Morgan fingerprint density at radius 2 is 1.04 bits per heavy atom. The molecule has 0 fully saturated rings. The first-order valence-electron chi connectivity index (χ1n) is 14.7. The second kappa shape index (κ2) is 13.6. The summed E-state index contributed by atoms with van der Waals surface area (Å²) in [5, 5.41) is 13.1. The molecule has 0 aliphatic rings. The van der Waals surface area contributed by atoms with Gasteiger partial charge in [-0.15, -0.1) is 0 Å². The molecular weight excluding hydrogens is 560 g/mol. The first-order valence-corrected chi connectivity index (χ1v) is 14.7. The van der Waals surface area contributed by atoms with Crippen LogP contribution in [0.1, 0.15) is 16.7 Å². The fourth-order valence-corrected chi connectivity index (χ4v) is 4.80. The molecule has 2 N–H and O–H groups in total. The number of aromatic nitrogens is 3. The van der Waals surface area contributed by atoms with E-state index in [4.69, 9.17) is 9.72 Å². The smallest absolute Gasteiger partial charge is 0.323 e. The molecular formula is C37H34N6O2. The number of hydrogen-bond acceptors (Lipinski definition) is 8. The lowest BCUT2D eigenvalue weighted by atomic mass is 10.0. The van der Waals surface area contributed by atoms with Crippen LogP contribution in [-0.2, 0) is 13.0 Å². The quantitative estimate of drug-likeness (QED) is 0.156. The summed E-state index contributed by atoms with van der Waals surface area (Å²) < 4.78 is 6.05. The van der Waals surface area contributed by atoms with Crippen molar-refractivity contribution in [2.24, 2.45) is 0 Å². The summed E-state index contributed by atoms with van der Waals surface area (Å²) >= 11 is 0. The molecule has 5 aromatic carbocycles. The Bertz CT molecular complexity index is 1710. The first kappa shape index (κ1) is 29.2. The van der Waals surface area contributed by atoms with Crippen LogP contribution in [0.2, 0.25) is 0 Å². The van der Waals surface area contributed by atoms with E-state index in [0.717, 1.165) is 34.7 Å². The van der Waals surface area contributed by atoms with Gasteiger partial charge in [0.15, 0.2) is 0 Å². The highest BCUT2D eigenvalue weighted by molar-refractivity contribution is 5.66. The van der Waals surface area contributed by atoms with E-state index in [-0.39, 0.29) is 18.4 Å². The molecule has 0 amide bonds. The maximum absolute atomic E-state index is 9.65. The zero-order valence-corrected chi connectivity index (χ0v) is 25.2. The van der Waals surface area contributed by atoms with Crippen LogP contribution in [0.3, 0.4) is 0 Å². The molecule has 1 heterocycles. The van der Waals surface area contributed by atoms with Crippen molar-refractivity contribution < 1.29 is 9.84 Å². The lowest BCUT2D eigenvalue weighted by molar-refractivity contribution is 0.280. The number of ether oxygens (including phenoxy) is 1. The molecule has 6 aromatic rings. The average Bonchev–Trinajstić information content (AvgIpc) is 3.09. The summed E-state index contributed by atoms with van der Waals surface area (Å²) in [6, 6.07) is 44.0. The molecule has 224 valence electrons. The topological polar surface area (TPSA) is 86.6 Å². The van der Waals surface area contributed by atoms with Crippen LogP contribution in [0.15, 0.2) is 133 Å². The molecule has 8 heteroatoms. The first-order chi connectivity index (χ1) is 22.0. The van der Waals surface area contributed by atoms with Gasteiger partial charge in [-0.2, -0.15) is 15.0 Å². The van der Waals surface area contributed by atoms with E-state index in [9.17, 15) is 5.11 Å². The van der Waals surface area contributed by atoms with Crippen molar-refractivity contribution in [1.82, 2.24) is 15.0 Å². The van der Waals surface area contributed by atoms with Crippen molar-refractivity contribution in [3.05, 3.63) is 150 Å². The Labute approximate surface area is 263 Å².